The van der Waals surface area contributed by atoms with Crippen molar-refractivity contribution >= 4 is 23.9 Å². The number of aliphatic hydroxyl groups is 2. The fourth-order valence-corrected chi connectivity index (χ4v) is 1.86. The van der Waals surface area contributed by atoms with Gasteiger partial charge in [0.15, 0.2) is 0 Å². The summed E-state index contributed by atoms with van der Waals surface area (Å²) in [6, 6.07) is 0. The van der Waals surface area contributed by atoms with Crippen LogP contribution < -0.4 is 0 Å². The van der Waals surface area contributed by atoms with Crippen molar-refractivity contribution in [1.29, 1.82) is 0 Å². The predicted molar refractivity (Wildman–Crippen MR) is 105 cm³/mol. The van der Waals surface area contributed by atoms with Crippen molar-refractivity contribution in [3.63, 3.8) is 0 Å². The minimum absolute atomic E-state index is 0.0628. The van der Waals surface area contributed by atoms with Gasteiger partial charge in [-0.1, -0.05) is 19.3 Å². The highest BCUT2D eigenvalue weighted by Crippen LogP contribution is 2.01. The largest absolute Gasteiger partial charge is 0.481 e. The lowest BCUT2D eigenvalue weighted by atomic mass is 10.2. The molecule has 0 rings (SSSR count). The number of aliphatic hydroxyl groups excluding tert-OH is 2. The number of aliphatic carboxylic acids is 4. The Morgan fingerprint density at radius 3 is 0.759 bits per heavy atom. The van der Waals surface area contributed by atoms with Crippen molar-refractivity contribution in [2.45, 2.75) is 83.5 Å². The molecule has 0 aromatic heterocycles. The Labute approximate surface area is 171 Å². The van der Waals surface area contributed by atoms with Crippen molar-refractivity contribution in [3.8, 4) is 0 Å². The van der Waals surface area contributed by atoms with E-state index < -0.39 is 23.9 Å². The Morgan fingerprint density at radius 2 is 0.586 bits per heavy atom. The monoisotopic (exact) mass is 424 g/mol. The minimum Gasteiger partial charge on any atom is -0.481 e. The van der Waals surface area contributed by atoms with Gasteiger partial charge in [0.25, 0.3) is 0 Å². The number of hydrogen-bond donors (Lipinski definition) is 6. The summed E-state index contributed by atoms with van der Waals surface area (Å²) in [5, 5.41) is 49.3. The van der Waals surface area contributed by atoms with E-state index >= 15 is 0 Å². The number of unbranched alkanes of at least 4 members (excludes halogenated alkanes) is 6. The third-order valence-electron chi connectivity index (χ3n) is 3.38. The third kappa shape index (κ3) is 46.1. The highest BCUT2D eigenvalue weighted by Gasteiger charge is 1.99. The first kappa shape index (κ1) is 31.5. The van der Waals surface area contributed by atoms with E-state index in [0.29, 0.717) is 38.9 Å². The maximum atomic E-state index is 9.90. The lowest BCUT2D eigenvalue weighted by Gasteiger charge is -1.95. The van der Waals surface area contributed by atoms with Crippen LogP contribution in [0, 0.1) is 0 Å². The molecule has 0 unspecified atom stereocenters. The molecule has 10 heteroatoms. The van der Waals surface area contributed by atoms with Gasteiger partial charge in [-0.05, 0) is 38.5 Å². The van der Waals surface area contributed by atoms with Crippen LogP contribution in [0.3, 0.4) is 0 Å². The number of rotatable bonds is 16. The van der Waals surface area contributed by atoms with Crippen LogP contribution in [-0.2, 0) is 19.2 Å². The zero-order chi connectivity index (χ0) is 22.9. The molecule has 172 valence electrons. The fraction of sp³-hybridized carbons (Fsp3) is 0.789. The molecule has 0 atom stereocenters. The van der Waals surface area contributed by atoms with Gasteiger partial charge < -0.3 is 30.6 Å². The topological polar surface area (TPSA) is 190 Å². The molecule has 0 fully saturated rings. The van der Waals surface area contributed by atoms with E-state index in [2.05, 4.69) is 0 Å². The van der Waals surface area contributed by atoms with Gasteiger partial charge in [0.2, 0.25) is 0 Å². The number of hydrogen-bond acceptors (Lipinski definition) is 6. The van der Waals surface area contributed by atoms with Crippen LogP contribution in [-0.4, -0.2) is 67.7 Å². The first-order valence-corrected chi connectivity index (χ1v) is 9.76. The summed E-state index contributed by atoms with van der Waals surface area (Å²) in [4.78, 5) is 39.6. The summed E-state index contributed by atoms with van der Waals surface area (Å²) in [6.07, 6.45) is 7.18. The summed E-state index contributed by atoms with van der Waals surface area (Å²) in [7, 11) is 0. The Kier molecular flexibility index (Phi) is 28.0. The van der Waals surface area contributed by atoms with E-state index in [-0.39, 0.29) is 25.7 Å². The second-order valence-corrected chi connectivity index (χ2v) is 6.20. The van der Waals surface area contributed by atoms with Crippen molar-refractivity contribution in [3.05, 3.63) is 0 Å². The highest BCUT2D eigenvalue weighted by molar-refractivity contribution is 5.68. The first-order valence-electron chi connectivity index (χ1n) is 9.76. The molecule has 0 aromatic rings. The molecule has 0 spiro atoms. The summed E-state index contributed by atoms with van der Waals surface area (Å²) >= 11 is 0. The van der Waals surface area contributed by atoms with Gasteiger partial charge in [0.05, 0.1) is 0 Å². The quantitative estimate of drug-likeness (QED) is 0.200. The predicted octanol–water partition coefficient (Wildman–Crippen LogP) is 2.35. The van der Waals surface area contributed by atoms with Crippen LogP contribution in [0.1, 0.15) is 83.5 Å². The normalized spacial score (nSPS) is 9.45. The molecule has 0 aliphatic rings. The van der Waals surface area contributed by atoms with Crippen molar-refractivity contribution < 1.29 is 49.8 Å². The Morgan fingerprint density at radius 1 is 0.379 bits per heavy atom. The van der Waals surface area contributed by atoms with Gasteiger partial charge in [-0.15, -0.1) is 0 Å². The van der Waals surface area contributed by atoms with E-state index in [4.69, 9.17) is 30.6 Å². The minimum atomic E-state index is -0.870. The SMILES string of the molecule is O=C(O)CCCCC(=O)O.O=C(O)CCCCC(=O)O.OCCCCCCCO. The molecule has 0 saturated heterocycles. The lowest BCUT2D eigenvalue weighted by molar-refractivity contribution is -0.139. The summed E-state index contributed by atoms with van der Waals surface area (Å²) in [5.74, 6) is -3.48. The van der Waals surface area contributed by atoms with Crippen LogP contribution in [0.2, 0.25) is 0 Å². The van der Waals surface area contributed by atoms with E-state index in [1.165, 1.54) is 0 Å². The molecule has 0 aliphatic carbocycles. The zero-order valence-corrected chi connectivity index (χ0v) is 16.9. The Bertz CT molecular complexity index is 353. The molecule has 0 amide bonds. The average molecular weight is 424 g/mol. The summed E-state index contributed by atoms with van der Waals surface area (Å²) in [6.45, 7) is 0.609. The smallest absolute Gasteiger partial charge is 0.303 e. The maximum Gasteiger partial charge on any atom is 0.303 e. The molecule has 6 N–H and O–H groups in total. The maximum absolute atomic E-state index is 9.90. The van der Waals surface area contributed by atoms with Crippen LogP contribution in [0.25, 0.3) is 0 Å². The molecule has 0 aromatic carbocycles. The second kappa shape index (κ2) is 25.8. The van der Waals surface area contributed by atoms with E-state index in [1.807, 2.05) is 0 Å². The van der Waals surface area contributed by atoms with E-state index in [1.54, 1.807) is 0 Å². The van der Waals surface area contributed by atoms with Gasteiger partial charge in [0, 0.05) is 38.9 Å². The highest BCUT2D eigenvalue weighted by atomic mass is 16.4. The molecule has 10 nitrogen and oxygen atoms in total. The standard InChI is InChI=1S/C7H16O2.2C6H10O4/c8-6-4-2-1-3-5-7-9;2*7-5(8)3-1-2-4-6(9)10/h8-9H,1-7H2;2*1-4H2,(H,7,8)(H,9,10). The van der Waals surface area contributed by atoms with Gasteiger partial charge in [-0.2, -0.15) is 0 Å². The van der Waals surface area contributed by atoms with Gasteiger partial charge in [0.1, 0.15) is 0 Å². The molecule has 0 aliphatic heterocycles. The Hall–Kier alpha value is -2.20. The Balaban J connectivity index is -0.000000350. The van der Waals surface area contributed by atoms with Gasteiger partial charge in [-0.25, -0.2) is 0 Å². The summed E-state index contributed by atoms with van der Waals surface area (Å²) < 4.78 is 0. The molecule has 0 radical (unpaired) electrons. The average Bonchev–Trinajstić information content (AvgIpc) is 2.63. The number of carboxylic acid groups (broad SMARTS) is 4. The molecular weight excluding hydrogens is 388 g/mol. The van der Waals surface area contributed by atoms with Crippen LogP contribution in [0.4, 0.5) is 0 Å². The fourth-order valence-electron chi connectivity index (χ4n) is 1.86. The number of carbonyl (C=O) groups is 4. The first-order chi connectivity index (χ1) is 13.7. The van der Waals surface area contributed by atoms with Crippen LogP contribution >= 0.6 is 0 Å². The van der Waals surface area contributed by atoms with Crippen molar-refractivity contribution in [2.24, 2.45) is 0 Å². The van der Waals surface area contributed by atoms with Crippen molar-refractivity contribution in [1.82, 2.24) is 0 Å². The van der Waals surface area contributed by atoms with Gasteiger partial charge in [-0.3, -0.25) is 19.2 Å². The van der Waals surface area contributed by atoms with E-state index in [9.17, 15) is 19.2 Å². The zero-order valence-electron chi connectivity index (χ0n) is 16.9. The van der Waals surface area contributed by atoms with E-state index in [0.717, 1.165) is 32.1 Å². The molecule has 0 saturated carbocycles. The summed E-state index contributed by atoms with van der Waals surface area (Å²) in [5.41, 5.74) is 0. The molecule has 29 heavy (non-hydrogen) atoms. The molecular formula is C19H36O10. The number of carboxylic acids is 4. The molecule has 0 heterocycles. The third-order valence-corrected chi connectivity index (χ3v) is 3.38. The van der Waals surface area contributed by atoms with Gasteiger partial charge >= 0.3 is 23.9 Å². The van der Waals surface area contributed by atoms with Crippen LogP contribution in [0.15, 0.2) is 0 Å². The van der Waals surface area contributed by atoms with Crippen LogP contribution in [0.5, 0.6) is 0 Å². The molecule has 0 bridgehead atoms. The van der Waals surface area contributed by atoms with Crippen molar-refractivity contribution in [2.75, 3.05) is 13.2 Å². The second-order valence-electron chi connectivity index (χ2n) is 6.20. The lowest BCUT2D eigenvalue weighted by Crippen LogP contribution is -1.97.